The number of carbonyl (C=O) groups excluding carboxylic acids is 2. The summed E-state index contributed by atoms with van der Waals surface area (Å²) >= 11 is 0. The van der Waals surface area contributed by atoms with Crippen molar-refractivity contribution in [2.24, 2.45) is 11.5 Å². The first kappa shape index (κ1) is 13.3. The third kappa shape index (κ3) is 2.52. The first-order valence-corrected chi connectivity index (χ1v) is 6.33. The highest BCUT2D eigenvalue weighted by atomic mass is 16.2. The SMILES string of the molecule is NC(=O)N1CCCC1(CCc1ccccn1)C(N)=O. The summed E-state index contributed by atoms with van der Waals surface area (Å²) in [4.78, 5) is 28.9. The van der Waals surface area contributed by atoms with Crippen LogP contribution in [-0.4, -0.2) is 33.9 Å². The Balaban J connectivity index is 2.16. The molecule has 0 bridgehead atoms. The topological polar surface area (TPSA) is 102 Å². The Labute approximate surface area is 111 Å². The second-order valence-corrected chi connectivity index (χ2v) is 4.81. The van der Waals surface area contributed by atoms with Gasteiger partial charge in [0.2, 0.25) is 5.91 Å². The normalized spacial score (nSPS) is 22.4. The van der Waals surface area contributed by atoms with Gasteiger partial charge in [-0.1, -0.05) is 6.07 Å². The van der Waals surface area contributed by atoms with E-state index in [2.05, 4.69) is 4.98 Å². The van der Waals surface area contributed by atoms with E-state index in [0.717, 1.165) is 12.1 Å². The van der Waals surface area contributed by atoms with E-state index in [1.54, 1.807) is 6.20 Å². The third-order valence-electron chi connectivity index (χ3n) is 3.73. The van der Waals surface area contributed by atoms with E-state index in [4.69, 9.17) is 11.5 Å². The summed E-state index contributed by atoms with van der Waals surface area (Å²) in [5.41, 5.74) is 10.8. The number of hydrogen-bond acceptors (Lipinski definition) is 3. The van der Waals surface area contributed by atoms with Crippen molar-refractivity contribution >= 4 is 11.9 Å². The summed E-state index contributed by atoms with van der Waals surface area (Å²) in [6, 6.07) is 5.02. The minimum Gasteiger partial charge on any atom is -0.368 e. The molecule has 1 aliphatic rings. The van der Waals surface area contributed by atoms with Crippen molar-refractivity contribution in [3.8, 4) is 0 Å². The van der Waals surface area contributed by atoms with Crippen LogP contribution in [0.3, 0.4) is 0 Å². The van der Waals surface area contributed by atoms with Gasteiger partial charge in [-0.15, -0.1) is 0 Å². The highest BCUT2D eigenvalue weighted by molar-refractivity contribution is 5.90. The van der Waals surface area contributed by atoms with Crippen LogP contribution in [0, 0.1) is 0 Å². The van der Waals surface area contributed by atoms with Gasteiger partial charge >= 0.3 is 6.03 Å². The fraction of sp³-hybridized carbons (Fsp3) is 0.462. The highest BCUT2D eigenvalue weighted by Crippen LogP contribution is 2.33. The van der Waals surface area contributed by atoms with Crippen molar-refractivity contribution in [2.45, 2.75) is 31.2 Å². The fourth-order valence-electron chi connectivity index (χ4n) is 2.72. The van der Waals surface area contributed by atoms with Crippen LogP contribution in [0.5, 0.6) is 0 Å². The number of pyridine rings is 1. The lowest BCUT2D eigenvalue weighted by Crippen LogP contribution is -2.57. The van der Waals surface area contributed by atoms with Crippen LogP contribution in [0.4, 0.5) is 4.79 Å². The number of primary amides is 2. The highest BCUT2D eigenvalue weighted by Gasteiger charge is 2.47. The average Bonchev–Trinajstić information content (AvgIpc) is 2.83. The maximum Gasteiger partial charge on any atom is 0.315 e. The number of likely N-dealkylation sites (tertiary alicyclic amines) is 1. The van der Waals surface area contributed by atoms with Gasteiger partial charge in [-0.2, -0.15) is 0 Å². The molecule has 0 aliphatic carbocycles. The molecule has 3 amide bonds. The summed E-state index contributed by atoms with van der Waals surface area (Å²) in [5.74, 6) is -0.486. The third-order valence-corrected chi connectivity index (χ3v) is 3.73. The summed E-state index contributed by atoms with van der Waals surface area (Å²) in [6.45, 7) is 0.487. The van der Waals surface area contributed by atoms with Crippen molar-refractivity contribution < 1.29 is 9.59 Å². The van der Waals surface area contributed by atoms with Gasteiger partial charge in [-0.3, -0.25) is 9.78 Å². The Hall–Kier alpha value is -2.11. The molecule has 2 heterocycles. The molecule has 1 aromatic heterocycles. The second-order valence-electron chi connectivity index (χ2n) is 4.81. The Morgan fingerprint density at radius 1 is 1.37 bits per heavy atom. The molecule has 1 unspecified atom stereocenters. The molecule has 6 heteroatoms. The molecule has 0 aromatic carbocycles. The van der Waals surface area contributed by atoms with Gasteiger partial charge < -0.3 is 16.4 Å². The van der Waals surface area contributed by atoms with Crippen LogP contribution in [0.15, 0.2) is 24.4 Å². The zero-order chi connectivity index (χ0) is 13.9. The van der Waals surface area contributed by atoms with Crippen LogP contribution in [0.2, 0.25) is 0 Å². The van der Waals surface area contributed by atoms with Gasteiger partial charge in [0, 0.05) is 18.4 Å². The maximum atomic E-state index is 11.8. The quantitative estimate of drug-likeness (QED) is 0.821. The van der Waals surface area contributed by atoms with E-state index in [1.807, 2.05) is 18.2 Å². The number of urea groups is 1. The lowest BCUT2D eigenvalue weighted by atomic mass is 9.89. The lowest BCUT2D eigenvalue weighted by molar-refractivity contribution is -0.127. The van der Waals surface area contributed by atoms with E-state index in [0.29, 0.717) is 25.8 Å². The van der Waals surface area contributed by atoms with Crippen molar-refractivity contribution in [3.05, 3.63) is 30.1 Å². The summed E-state index contributed by atoms with van der Waals surface area (Å²) in [6.07, 6.45) is 4.06. The predicted molar refractivity (Wildman–Crippen MR) is 70.0 cm³/mol. The van der Waals surface area contributed by atoms with E-state index in [9.17, 15) is 9.59 Å². The monoisotopic (exact) mass is 262 g/mol. The van der Waals surface area contributed by atoms with Gasteiger partial charge in [0.05, 0.1) is 0 Å². The molecule has 102 valence electrons. The number of hydrogen-bond donors (Lipinski definition) is 2. The van der Waals surface area contributed by atoms with Crippen molar-refractivity contribution in [1.29, 1.82) is 0 Å². The number of amides is 3. The fourth-order valence-corrected chi connectivity index (χ4v) is 2.72. The predicted octanol–water partition coefficient (Wildman–Crippen LogP) is 0.413. The van der Waals surface area contributed by atoms with Crippen molar-refractivity contribution in [1.82, 2.24) is 9.88 Å². The molecular weight excluding hydrogens is 244 g/mol. The van der Waals surface area contributed by atoms with Crippen LogP contribution in [-0.2, 0) is 11.2 Å². The van der Waals surface area contributed by atoms with Gasteiger partial charge in [0.1, 0.15) is 5.54 Å². The molecule has 19 heavy (non-hydrogen) atoms. The van der Waals surface area contributed by atoms with Gasteiger partial charge in [-0.05, 0) is 37.8 Å². The largest absolute Gasteiger partial charge is 0.368 e. The molecule has 1 aromatic rings. The molecule has 1 fully saturated rings. The van der Waals surface area contributed by atoms with Gasteiger partial charge in [-0.25, -0.2) is 4.79 Å². The van der Waals surface area contributed by atoms with Crippen molar-refractivity contribution in [2.75, 3.05) is 6.54 Å². The van der Waals surface area contributed by atoms with Gasteiger partial charge in [0.15, 0.2) is 0 Å². The minimum absolute atomic E-state index is 0.461. The standard InChI is InChI=1S/C13H18N4O2/c14-11(18)13(6-3-9-17(13)12(15)19)7-5-10-4-1-2-8-16-10/h1-2,4,8H,3,5-7,9H2,(H2,14,18)(H2,15,19). The van der Waals surface area contributed by atoms with Crippen molar-refractivity contribution in [3.63, 3.8) is 0 Å². The number of nitrogens with two attached hydrogens (primary N) is 2. The zero-order valence-electron chi connectivity index (χ0n) is 10.7. The van der Waals surface area contributed by atoms with Crippen LogP contribution < -0.4 is 11.5 Å². The Kier molecular flexibility index (Phi) is 3.69. The summed E-state index contributed by atoms with van der Waals surface area (Å²) < 4.78 is 0. The molecule has 1 aliphatic heterocycles. The molecular formula is C13H18N4O2. The van der Waals surface area contributed by atoms with Crippen LogP contribution >= 0.6 is 0 Å². The maximum absolute atomic E-state index is 11.8. The molecule has 0 spiro atoms. The lowest BCUT2D eigenvalue weighted by Gasteiger charge is -2.34. The number of aromatic nitrogens is 1. The zero-order valence-corrected chi connectivity index (χ0v) is 10.7. The number of carbonyl (C=O) groups is 2. The Morgan fingerprint density at radius 2 is 2.16 bits per heavy atom. The minimum atomic E-state index is -0.955. The number of nitrogens with zero attached hydrogens (tertiary/aromatic N) is 2. The first-order valence-electron chi connectivity index (χ1n) is 6.33. The second kappa shape index (κ2) is 5.26. The number of rotatable bonds is 4. The Bertz CT molecular complexity index is 477. The number of aryl methyl sites for hydroxylation is 1. The molecule has 6 nitrogen and oxygen atoms in total. The Morgan fingerprint density at radius 3 is 2.74 bits per heavy atom. The van der Waals surface area contributed by atoms with E-state index < -0.39 is 17.5 Å². The first-order chi connectivity index (χ1) is 9.06. The molecule has 4 N–H and O–H groups in total. The molecule has 0 radical (unpaired) electrons. The summed E-state index contributed by atoms with van der Waals surface area (Å²) in [7, 11) is 0. The smallest absolute Gasteiger partial charge is 0.315 e. The molecule has 1 atom stereocenters. The molecule has 1 saturated heterocycles. The molecule has 2 rings (SSSR count). The van der Waals surface area contributed by atoms with E-state index in [1.165, 1.54) is 4.90 Å². The van der Waals surface area contributed by atoms with Crippen LogP contribution in [0.25, 0.3) is 0 Å². The van der Waals surface area contributed by atoms with Crippen LogP contribution in [0.1, 0.15) is 25.0 Å². The van der Waals surface area contributed by atoms with E-state index >= 15 is 0 Å². The average molecular weight is 262 g/mol. The van der Waals surface area contributed by atoms with E-state index in [-0.39, 0.29) is 0 Å². The molecule has 0 saturated carbocycles. The summed E-state index contributed by atoms with van der Waals surface area (Å²) in [5, 5.41) is 0. The van der Waals surface area contributed by atoms with Gasteiger partial charge in [0.25, 0.3) is 0 Å².